The van der Waals surface area contributed by atoms with Crippen molar-refractivity contribution in [2.24, 2.45) is 0 Å². The molecular weight excluding hydrogens is 247 g/mol. The quantitative estimate of drug-likeness (QED) is 0.579. The topological polar surface area (TPSA) is 58.2 Å². The number of rotatable bonds is 3. The SMILES string of the molecule is CC1[Se]C1CCC1(C)NC(=O)NC1=O. The molecule has 0 aromatic rings. The second kappa shape index (κ2) is 3.24. The first-order chi connectivity index (χ1) is 6.51. The van der Waals surface area contributed by atoms with Gasteiger partial charge in [-0.2, -0.15) is 0 Å². The summed E-state index contributed by atoms with van der Waals surface area (Å²) in [5, 5.41) is 4.96. The van der Waals surface area contributed by atoms with Gasteiger partial charge in [-0.15, -0.1) is 0 Å². The molecule has 5 heteroatoms. The molecular formula is C9H14N2O2Se. The van der Waals surface area contributed by atoms with E-state index in [1.165, 1.54) is 0 Å². The van der Waals surface area contributed by atoms with Crippen molar-refractivity contribution >= 4 is 26.9 Å². The first-order valence-electron chi connectivity index (χ1n) is 4.80. The Hall–Kier alpha value is -0.541. The third-order valence-electron chi connectivity index (χ3n) is 2.88. The van der Waals surface area contributed by atoms with Gasteiger partial charge in [0.1, 0.15) is 0 Å². The van der Waals surface area contributed by atoms with Crippen molar-refractivity contribution in [3.8, 4) is 0 Å². The zero-order valence-electron chi connectivity index (χ0n) is 8.29. The number of imide groups is 1. The Morgan fingerprint density at radius 1 is 1.50 bits per heavy atom. The van der Waals surface area contributed by atoms with Crippen molar-refractivity contribution < 1.29 is 9.59 Å². The van der Waals surface area contributed by atoms with Crippen molar-refractivity contribution in [3.05, 3.63) is 0 Å². The molecule has 0 bridgehead atoms. The van der Waals surface area contributed by atoms with Crippen LogP contribution in [0.3, 0.4) is 0 Å². The van der Waals surface area contributed by atoms with Gasteiger partial charge in [0, 0.05) is 0 Å². The van der Waals surface area contributed by atoms with Crippen molar-refractivity contribution in [1.82, 2.24) is 10.6 Å². The van der Waals surface area contributed by atoms with Crippen LogP contribution in [0.5, 0.6) is 0 Å². The third-order valence-corrected chi connectivity index (χ3v) is 5.90. The monoisotopic (exact) mass is 262 g/mol. The minimum absolute atomic E-state index is 0.177. The molecule has 4 nitrogen and oxygen atoms in total. The minimum atomic E-state index is -0.657. The first kappa shape index (κ1) is 9.99. The summed E-state index contributed by atoms with van der Waals surface area (Å²) in [4.78, 5) is 24.1. The molecule has 0 aromatic carbocycles. The van der Waals surface area contributed by atoms with Crippen LogP contribution in [0, 0.1) is 0 Å². The van der Waals surface area contributed by atoms with Gasteiger partial charge < -0.3 is 0 Å². The zero-order chi connectivity index (χ0) is 10.3. The van der Waals surface area contributed by atoms with Crippen LogP contribution >= 0.6 is 0 Å². The van der Waals surface area contributed by atoms with Gasteiger partial charge in [0.15, 0.2) is 0 Å². The summed E-state index contributed by atoms with van der Waals surface area (Å²) < 4.78 is 0. The Kier molecular flexibility index (Phi) is 2.32. The summed E-state index contributed by atoms with van der Waals surface area (Å²) in [5.41, 5.74) is -0.657. The second-order valence-corrected chi connectivity index (χ2v) is 7.56. The summed E-state index contributed by atoms with van der Waals surface area (Å²) in [5.74, 6) is -0.177. The van der Waals surface area contributed by atoms with Crippen LogP contribution in [0.2, 0.25) is 9.63 Å². The van der Waals surface area contributed by atoms with E-state index in [9.17, 15) is 9.59 Å². The van der Waals surface area contributed by atoms with E-state index in [2.05, 4.69) is 17.6 Å². The van der Waals surface area contributed by atoms with Crippen molar-refractivity contribution in [1.29, 1.82) is 0 Å². The number of hydrogen-bond acceptors (Lipinski definition) is 2. The second-order valence-electron chi connectivity index (χ2n) is 4.16. The first-order valence-corrected chi connectivity index (χ1v) is 6.78. The summed E-state index contributed by atoms with van der Waals surface area (Å²) in [6.07, 6.45) is 1.83. The molecule has 2 aliphatic heterocycles. The maximum atomic E-state index is 11.4. The Balaban J connectivity index is 1.89. The van der Waals surface area contributed by atoms with Gasteiger partial charge in [-0.05, 0) is 0 Å². The summed E-state index contributed by atoms with van der Waals surface area (Å²) in [6.45, 7) is 4.05. The van der Waals surface area contributed by atoms with E-state index in [1.54, 1.807) is 6.92 Å². The molecule has 2 saturated heterocycles. The van der Waals surface area contributed by atoms with Crippen molar-refractivity contribution in [3.63, 3.8) is 0 Å². The average Bonchev–Trinajstić information content (AvgIpc) is 2.71. The molecule has 14 heavy (non-hydrogen) atoms. The van der Waals surface area contributed by atoms with E-state index < -0.39 is 5.54 Å². The van der Waals surface area contributed by atoms with Gasteiger partial charge in [-0.3, -0.25) is 0 Å². The molecule has 0 aliphatic carbocycles. The van der Waals surface area contributed by atoms with Gasteiger partial charge in [-0.25, -0.2) is 0 Å². The van der Waals surface area contributed by atoms with Gasteiger partial charge in [-0.1, -0.05) is 0 Å². The van der Waals surface area contributed by atoms with E-state index in [4.69, 9.17) is 0 Å². The molecule has 3 unspecified atom stereocenters. The molecule has 0 saturated carbocycles. The van der Waals surface area contributed by atoms with Gasteiger partial charge in [0.05, 0.1) is 0 Å². The van der Waals surface area contributed by atoms with Crippen LogP contribution in [-0.4, -0.2) is 32.4 Å². The maximum absolute atomic E-state index is 11.4. The van der Waals surface area contributed by atoms with E-state index in [0.29, 0.717) is 0 Å². The predicted molar refractivity (Wildman–Crippen MR) is 53.2 cm³/mol. The fourth-order valence-electron chi connectivity index (χ4n) is 1.72. The third kappa shape index (κ3) is 1.79. The normalized spacial score (nSPS) is 40.7. The molecule has 0 aromatic heterocycles. The molecule has 0 spiro atoms. The predicted octanol–water partition coefficient (Wildman–Crippen LogP) is 0.679. The summed E-state index contributed by atoms with van der Waals surface area (Å²) in [7, 11) is 0. The van der Waals surface area contributed by atoms with Crippen molar-refractivity contribution in [2.75, 3.05) is 0 Å². The molecule has 0 radical (unpaired) electrons. The fourth-order valence-corrected chi connectivity index (χ4v) is 3.50. The molecule has 2 heterocycles. The summed E-state index contributed by atoms with van der Waals surface area (Å²) >= 11 is 0.773. The molecule has 2 fully saturated rings. The van der Waals surface area contributed by atoms with Crippen LogP contribution in [0.1, 0.15) is 26.7 Å². The number of nitrogens with one attached hydrogen (secondary N) is 2. The van der Waals surface area contributed by atoms with Gasteiger partial charge in [0.25, 0.3) is 0 Å². The van der Waals surface area contributed by atoms with E-state index in [1.807, 2.05) is 0 Å². The average molecular weight is 261 g/mol. The van der Waals surface area contributed by atoms with Crippen LogP contribution in [-0.2, 0) is 4.79 Å². The van der Waals surface area contributed by atoms with E-state index >= 15 is 0 Å². The molecule has 2 aliphatic rings. The summed E-state index contributed by atoms with van der Waals surface area (Å²) in [6, 6.07) is -0.355. The fraction of sp³-hybridized carbons (Fsp3) is 0.778. The standard InChI is InChI=1S/C9H14N2O2Se/c1-5-6(14-5)3-4-9(2)7(12)10-8(13)11-9/h5-6H,3-4H2,1-2H3,(H2,10,11,12,13). The zero-order valence-corrected chi connectivity index (χ0v) is 10.0. The number of amides is 3. The number of urea groups is 1. The van der Waals surface area contributed by atoms with Gasteiger partial charge >= 0.3 is 89.0 Å². The van der Waals surface area contributed by atoms with Crippen molar-refractivity contribution in [2.45, 2.75) is 41.9 Å². The van der Waals surface area contributed by atoms with Crippen LogP contribution in [0.15, 0.2) is 0 Å². The van der Waals surface area contributed by atoms with Crippen LogP contribution in [0.4, 0.5) is 4.79 Å². The van der Waals surface area contributed by atoms with Crippen LogP contribution < -0.4 is 10.6 Å². The number of hydrogen-bond donors (Lipinski definition) is 2. The Bertz CT molecular complexity index is 295. The van der Waals surface area contributed by atoms with E-state index in [0.717, 1.165) is 37.4 Å². The van der Waals surface area contributed by atoms with E-state index in [-0.39, 0.29) is 11.9 Å². The number of carbonyl (C=O) groups is 2. The van der Waals surface area contributed by atoms with Crippen LogP contribution in [0.25, 0.3) is 0 Å². The number of carbonyl (C=O) groups excluding carboxylic acids is 2. The molecule has 3 atom stereocenters. The molecule has 3 amide bonds. The Morgan fingerprint density at radius 3 is 2.57 bits per heavy atom. The molecule has 2 rings (SSSR count). The Morgan fingerprint density at radius 2 is 2.14 bits per heavy atom. The molecule has 78 valence electrons. The Labute approximate surface area is 89.4 Å². The van der Waals surface area contributed by atoms with Gasteiger partial charge in [0.2, 0.25) is 0 Å². The molecule has 2 N–H and O–H groups in total.